The first-order valence-electron chi connectivity index (χ1n) is 18.9. The fourth-order valence-corrected chi connectivity index (χ4v) is 12.5. The van der Waals surface area contributed by atoms with Crippen LogP contribution in [0.4, 0.5) is 0 Å². The van der Waals surface area contributed by atoms with Crippen LogP contribution in [0.2, 0.25) is 0 Å². The topological polar surface area (TPSA) is 143 Å². The van der Waals surface area contributed by atoms with Crippen molar-refractivity contribution in [2.75, 3.05) is 0 Å². The fourth-order valence-electron chi connectivity index (χ4n) is 12.5. The lowest BCUT2D eigenvalue weighted by molar-refractivity contribution is -0.232. The summed E-state index contributed by atoms with van der Waals surface area (Å²) in [6, 6.07) is 3.20. The maximum absolute atomic E-state index is 13.9. The monoisotopic (exact) mass is 690 g/mol. The minimum absolute atomic E-state index is 0.0141. The summed E-state index contributed by atoms with van der Waals surface area (Å²) in [5.41, 5.74) is -0.709. The highest BCUT2D eigenvalue weighted by Gasteiger charge is 2.70. The quantitative estimate of drug-likeness (QED) is 0.256. The maximum Gasteiger partial charge on any atom is 0.309 e. The molecule has 0 aliphatic heterocycles. The van der Waals surface area contributed by atoms with Gasteiger partial charge in [-0.05, 0) is 128 Å². The van der Waals surface area contributed by atoms with Gasteiger partial charge in [-0.2, -0.15) is 0 Å². The molecule has 1 amide bonds. The number of nitrogens with one attached hydrogen (secondary N) is 2. The Bertz CT molecular complexity index is 1700. The van der Waals surface area contributed by atoms with E-state index in [2.05, 4.69) is 58.8 Å². The summed E-state index contributed by atoms with van der Waals surface area (Å²) in [7, 11) is 0. The number of esters is 1. The lowest BCUT2D eigenvalue weighted by atomic mass is 9.33. The summed E-state index contributed by atoms with van der Waals surface area (Å²) in [4.78, 5) is 67.6. The van der Waals surface area contributed by atoms with E-state index in [4.69, 9.17) is 4.74 Å². The number of aliphatic carboxylic acids is 1. The Labute approximate surface area is 296 Å². The summed E-state index contributed by atoms with van der Waals surface area (Å²) in [6.45, 7) is 19.2. The van der Waals surface area contributed by atoms with E-state index < -0.39 is 34.4 Å². The number of aromatic amines is 1. The third kappa shape index (κ3) is 5.25. The first kappa shape index (κ1) is 36.6. The van der Waals surface area contributed by atoms with Crippen LogP contribution in [0, 0.1) is 50.7 Å². The number of pyridine rings is 1. The second-order valence-corrected chi connectivity index (χ2v) is 18.9. The summed E-state index contributed by atoms with van der Waals surface area (Å²) < 4.78 is 6.13. The third-order valence-corrected chi connectivity index (χ3v) is 15.2. The van der Waals surface area contributed by atoms with Crippen LogP contribution in [0.1, 0.15) is 137 Å². The predicted molar refractivity (Wildman–Crippen MR) is 190 cm³/mol. The zero-order chi connectivity index (χ0) is 36.8. The molecular weight excluding hydrogens is 632 g/mol. The number of amides is 1. The average molecular weight is 691 g/mol. The average Bonchev–Trinajstić information content (AvgIpc) is 3.30. The van der Waals surface area contributed by atoms with Gasteiger partial charge in [0.05, 0.1) is 17.4 Å². The summed E-state index contributed by atoms with van der Waals surface area (Å²) in [6.07, 6.45) is 8.54. The van der Waals surface area contributed by atoms with Crippen LogP contribution in [-0.4, -0.2) is 45.4 Å². The van der Waals surface area contributed by atoms with Crippen LogP contribution in [0.5, 0.6) is 0 Å². The highest BCUT2D eigenvalue weighted by Crippen LogP contribution is 2.76. The van der Waals surface area contributed by atoms with Gasteiger partial charge < -0.3 is 20.1 Å². The normalized spacial score (nSPS) is 37.7. The van der Waals surface area contributed by atoms with Crippen molar-refractivity contribution in [3.8, 4) is 0 Å². The van der Waals surface area contributed by atoms with Crippen LogP contribution in [0.25, 0.3) is 0 Å². The molecule has 5 aliphatic carbocycles. The number of fused-ring (bicyclic) bond motifs is 7. The molecule has 0 radical (unpaired) electrons. The molecule has 5 aliphatic rings. The standard InChI is InChI=1S/C41H58N2O7/c1-23(2)31-26(44)21-41(43-34(47)24-11-10-20-42-33(24)46)19-18-39(8)25(32(31)41)12-13-28-38(7)16-15-29(50-30(45)22-36(3,4)35(48)49)37(5,6)27(38)14-17-40(28,39)9/h10-11,20,23,25,27-29H,12-19,21-22H2,1-9H3,(H,42,46)(H,43,47)(H,48,49)/t25-,27+,28-,29+,38+,39-,40-,41-/m1/s1. The number of hydrogen-bond donors (Lipinski definition) is 3. The second kappa shape index (κ2) is 11.9. The molecule has 1 aromatic heterocycles. The molecule has 8 atom stereocenters. The molecule has 0 spiro atoms. The SMILES string of the molecule is CC(C)C1=C2[C@H]3CC[C@@H]4[C@@]5(C)CC[C@H](OC(=O)CC(C)(C)C(=O)O)C(C)(C)[C@@H]5CC[C@@]4(C)[C@]3(C)CC[C@@]2(NC(=O)c2ccc[nH]c2=O)CC1=O. The predicted octanol–water partition coefficient (Wildman–Crippen LogP) is 7.25. The number of carbonyl (C=O) groups excluding carboxylic acids is 3. The van der Waals surface area contributed by atoms with Crippen molar-refractivity contribution in [3.63, 3.8) is 0 Å². The van der Waals surface area contributed by atoms with Crippen molar-refractivity contribution in [2.24, 2.45) is 50.7 Å². The van der Waals surface area contributed by atoms with Crippen LogP contribution >= 0.6 is 0 Å². The van der Waals surface area contributed by atoms with E-state index in [0.29, 0.717) is 18.3 Å². The molecule has 3 N–H and O–H groups in total. The van der Waals surface area contributed by atoms with Crippen LogP contribution in [0.15, 0.2) is 34.3 Å². The van der Waals surface area contributed by atoms with Crippen molar-refractivity contribution in [3.05, 3.63) is 45.4 Å². The molecule has 0 saturated heterocycles. The molecule has 9 nitrogen and oxygen atoms in total. The number of carboxylic acid groups (broad SMARTS) is 1. The van der Waals surface area contributed by atoms with Gasteiger partial charge in [0, 0.05) is 18.0 Å². The van der Waals surface area contributed by atoms with E-state index in [0.717, 1.165) is 56.1 Å². The largest absolute Gasteiger partial charge is 0.481 e. The van der Waals surface area contributed by atoms with Gasteiger partial charge >= 0.3 is 11.9 Å². The van der Waals surface area contributed by atoms with E-state index >= 15 is 0 Å². The molecule has 9 heteroatoms. The Morgan fingerprint density at radius 2 is 1.66 bits per heavy atom. The van der Waals surface area contributed by atoms with Crippen LogP contribution in [0.3, 0.4) is 0 Å². The highest BCUT2D eigenvalue weighted by atomic mass is 16.5. The summed E-state index contributed by atoms with van der Waals surface area (Å²) in [5, 5.41) is 12.9. The van der Waals surface area contributed by atoms with Gasteiger partial charge in [-0.25, -0.2) is 0 Å². The molecule has 274 valence electrons. The second-order valence-electron chi connectivity index (χ2n) is 18.9. The summed E-state index contributed by atoms with van der Waals surface area (Å²) >= 11 is 0. The minimum atomic E-state index is -1.18. The van der Waals surface area contributed by atoms with Crippen molar-refractivity contribution >= 4 is 23.6 Å². The number of rotatable bonds is 7. The molecule has 1 aromatic rings. The van der Waals surface area contributed by atoms with Gasteiger partial charge in [-0.3, -0.25) is 24.0 Å². The number of allylic oxidation sites excluding steroid dienone is 1. The lowest BCUT2D eigenvalue weighted by Crippen LogP contribution is -2.67. The van der Waals surface area contributed by atoms with Gasteiger partial charge in [0.15, 0.2) is 5.78 Å². The zero-order valence-electron chi connectivity index (χ0n) is 31.6. The number of aromatic nitrogens is 1. The Morgan fingerprint density at radius 3 is 2.30 bits per heavy atom. The maximum atomic E-state index is 13.9. The first-order valence-corrected chi connectivity index (χ1v) is 18.9. The van der Waals surface area contributed by atoms with E-state index in [1.807, 2.05) is 0 Å². The molecule has 0 aromatic carbocycles. The molecule has 0 unspecified atom stereocenters. The molecule has 50 heavy (non-hydrogen) atoms. The number of carbonyl (C=O) groups is 4. The number of Topliss-reactive ketones (excluding diaryl/α,β-unsaturated/α-hetero) is 1. The Kier molecular flexibility index (Phi) is 8.71. The van der Waals surface area contributed by atoms with Crippen LogP contribution < -0.4 is 10.9 Å². The number of hydrogen-bond acceptors (Lipinski definition) is 6. The van der Waals surface area contributed by atoms with Crippen molar-refractivity contribution in [2.45, 2.75) is 138 Å². The molecule has 1 heterocycles. The number of carboxylic acids is 1. The Hall–Kier alpha value is -3.23. The Morgan fingerprint density at radius 1 is 0.960 bits per heavy atom. The fraction of sp³-hybridized carbons (Fsp3) is 0.732. The van der Waals surface area contributed by atoms with Crippen LogP contribution in [-0.2, 0) is 19.1 Å². The molecule has 4 fully saturated rings. The smallest absolute Gasteiger partial charge is 0.309 e. The van der Waals surface area contributed by atoms with Gasteiger partial charge in [-0.1, -0.05) is 48.5 Å². The lowest BCUT2D eigenvalue weighted by Gasteiger charge is -2.72. The first-order chi connectivity index (χ1) is 23.1. The van der Waals surface area contributed by atoms with E-state index in [1.54, 1.807) is 26.0 Å². The van der Waals surface area contributed by atoms with E-state index in [9.17, 15) is 29.1 Å². The third-order valence-electron chi connectivity index (χ3n) is 15.2. The molecular formula is C41H58N2O7. The zero-order valence-corrected chi connectivity index (χ0v) is 31.6. The summed E-state index contributed by atoms with van der Waals surface area (Å²) in [5.74, 6) is -0.832. The molecule has 6 rings (SSSR count). The van der Waals surface area contributed by atoms with E-state index in [-0.39, 0.29) is 63.8 Å². The minimum Gasteiger partial charge on any atom is -0.481 e. The van der Waals surface area contributed by atoms with Gasteiger partial charge in [-0.15, -0.1) is 0 Å². The van der Waals surface area contributed by atoms with Gasteiger partial charge in [0.2, 0.25) is 0 Å². The van der Waals surface area contributed by atoms with Crippen molar-refractivity contribution in [1.29, 1.82) is 0 Å². The Balaban J connectivity index is 1.31. The molecule has 0 bridgehead atoms. The number of ether oxygens (including phenoxy) is 1. The van der Waals surface area contributed by atoms with E-state index in [1.165, 1.54) is 6.20 Å². The van der Waals surface area contributed by atoms with Gasteiger partial charge in [0.1, 0.15) is 11.7 Å². The van der Waals surface area contributed by atoms with Gasteiger partial charge in [0.25, 0.3) is 11.5 Å². The number of H-pyrrole nitrogens is 1. The van der Waals surface area contributed by atoms with Crippen molar-refractivity contribution < 1.29 is 29.0 Å². The number of ketones is 1. The van der Waals surface area contributed by atoms with Crippen molar-refractivity contribution in [1.82, 2.24) is 10.3 Å². The molecule has 4 saturated carbocycles. The highest BCUT2D eigenvalue weighted by molar-refractivity contribution is 6.03.